The predicted octanol–water partition coefficient (Wildman–Crippen LogP) is 3.07. The van der Waals surface area contributed by atoms with Crippen LogP contribution in [0, 0.1) is 6.92 Å². The first-order valence-corrected chi connectivity index (χ1v) is 7.70. The largest absolute Gasteiger partial charge is 0.327 e. The summed E-state index contributed by atoms with van der Waals surface area (Å²) in [6, 6.07) is 8.28. The second-order valence-corrected chi connectivity index (χ2v) is 6.56. The van der Waals surface area contributed by atoms with Crippen LogP contribution in [0.2, 0.25) is 0 Å². The van der Waals surface area contributed by atoms with Crippen LogP contribution in [-0.2, 0) is 7.05 Å². The zero-order valence-electron chi connectivity index (χ0n) is 11.2. The van der Waals surface area contributed by atoms with Crippen LogP contribution in [0.4, 0.5) is 0 Å². The van der Waals surface area contributed by atoms with Crippen molar-refractivity contribution in [3.8, 4) is 0 Å². The molecule has 0 saturated heterocycles. The number of rotatable bonds is 4. The summed E-state index contributed by atoms with van der Waals surface area (Å²) in [6.45, 7) is 3.96. The highest BCUT2D eigenvalue weighted by atomic mass is 79.9. The predicted molar refractivity (Wildman–Crippen MR) is 82.1 cm³/mol. The van der Waals surface area contributed by atoms with Gasteiger partial charge in [-0.25, -0.2) is 0 Å². The molecule has 0 radical (unpaired) electrons. The van der Waals surface area contributed by atoms with E-state index in [0.29, 0.717) is 0 Å². The lowest BCUT2D eigenvalue weighted by Gasteiger charge is -2.20. The Kier molecular flexibility index (Phi) is 4.65. The molecule has 2 unspecified atom stereocenters. The van der Waals surface area contributed by atoms with Crippen LogP contribution in [0.25, 0.3) is 0 Å². The molecule has 19 heavy (non-hydrogen) atoms. The molecule has 1 aromatic heterocycles. The number of aryl methyl sites for hydroxylation is 1. The monoisotopic (exact) mass is 340 g/mol. The molecule has 0 amide bonds. The normalized spacial score (nSPS) is 14.4. The molecule has 0 fully saturated rings. The van der Waals surface area contributed by atoms with Crippen LogP contribution in [0.5, 0.6) is 0 Å². The number of halogens is 1. The smallest absolute Gasteiger partial charge is 0.191 e. The quantitative estimate of drug-likeness (QED) is 0.869. The maximum absolute atomic E-state index is 6.12. The van der Waals surface area contributed by atoms with Crippen LogP contribution in [0.3, 0.4) is 0 Å². The highest BCUT2D eigenvalue weighted by Gasteiger charge is 2.20. The minimum absolute atomic E-state index is 0.0307. The SMILES string of the molecule is Cc1nnc(SC(c2ccc(Br)cc2)C(C)N)n1C. The molecule has 1 aromatic carbocycles. The van der Waals surface area contributed by atoms with Crippen molar-refractivity contribution in [1.29, 1.82) is 0 Å². The average molecular weight is 341 g/mol. The molecule has 0 aliphatic heterocycles. The Morgan fingerprint density at radius 1 is 1.26 bits per heavy atom. The molecule has 2 atom stereocenters. The molecule has 1 heterocycles. The molecular weight excluding hydrogens is 324 g/mol. The van der Waals surface area contributed by atoms with Gasteiger partial charge in [-0.1, -0.05) is 39.8 Å². The fourth-order valence-electron chi connectivity index (χ4n) is 1.74. The van der Waals surface area contributed by atoms with Gasteiger partial charge in [0.15, 0.2) is 5.16 Å². The average Bonchev–Trinajstić information content (AvgIpc) is 2.68. The van der Waals surface area contributed by atoms with Crippen molar-refractivity contribution in [2.75, 3.05) is 0 Å². The van der Waals surface area contributed by atoms with E-state index in [1.165, 1.54) is 5.56 Å². The van der Waals surface area contributed by atoms with E-state index >= 15 is 0 Å². The van der Waals surface area contributed by atoms with Crippen LogP contribution in [0.1, 0.15) is 23.6 Å². The molecule has 6 heteroatoms. The third-order valence-electron chi connectivity index (χ3n) is 2.96. The van der Waals surface area contributed by atoms with E-state index in [9.17, 15) is 0 Å². The molecule has 0 aliphatic rings. The zero-order valence-corrected chi connectivity index (χ0v) is 13.6. The lowest BCUT2D eigenvalue weighted by atomic mass is 10.1. The van der Waals surface area contributed by atoms with Gasteiger partial charge in [0.25, 0.3) is 0 Å². The Morgan fingerprint density at radius 2 is 1.89 bits per heavy atom. The molecule has 0 saturated carbocycles. The van der Waals surface area contributed by atoms with Crippen molar-refractivity contribution >= 4 is 27.7 Å². The fourth-order valence-corrected chi connectivity index (χ4v) is 3.11. The maximum Gasteiger partial charge on any atom is 0.191 e. The fraction of sp³-hybridized carbons (Fsp3) is 0.385. The number of benzene rings is 1. The van der Waals surface area contributed by atoms with E-state index in [4.69, 9.17) is 5.73 Å². The van der Waals surface area contributed by atoms with E-state index in [1.54, 1.807) is 11.8 Å². The van der Waals surface area contributed by atoms with Crippen molar-refractivity contribution in [2.24, 2.45) is 12.8 Å². The summed E-state index contributed by atoms with van der Waals surface area (Å²) in [6.07, 6.45) is 0. The first-order chi connectivity index (χ1) is 8.99. The van der Waals surface area contributed by atoms with Crippen molar-refractivity contribution < 1.29 is 0 Å². The summed E-state index contributed by atoms with van der Waals surface area (Å²) in [7, 11) is 1.97. The van der Waals surface area contributed by atoms with Gasteiger partial charge in [0, 0.05) is 17.6 Å². The summed E-state index contributed by atoms with van der Waals surface area (Å²) in [5.41, 5.74) is 7.32. The van der Waals surface area contributed by atoms with E-state index < -0.39 is 0 Å². The van der Waals surface area contributed by atoms with Gasteiger partial charge in [0.1, 0.15) is 5.82 Å². The van der Waals surface area contributed by atoms with Crippen LogP contribution < -0.4 is 5.73 Å². The van der Waals surface area contributed by atoms with Gasteiger partial charge in [-0.3, -0.25) is 0 Å². The Bertz CT molecular complexity index is 550. The van der Waals surface area contributed by atoms with Gasteiger partial charge in [-0.15, -0.1) is 10.2 Å². The van der Waals surface area contributed by atoms with Gasteiger partial charge in [0.2, 0.25) is 0 Å². The molecule has 2 aromatic rings. The molecule has 0 aliphatic carbocycles. The first-order valence-electron chi connectivity index (χ1n) is 6.02. The molecule has 2 rings (SSSR count). The molecule has 102 valence electrons. The highest BCUT2D eigenvalue weighted by molar-refractivity contribution is 9.10. The van der Waals surface area contributed by atoms with Gasteiger partial charge < -0.3 is 10.3 Å². The Hall–Kier alpha value is -0.850. The second-order valence-electron chi connectivity index (χ2n) is 4.54. The number of hydrogen-bond acceptors (Lipinski definition) is 4. The van der Waals surface area contributed by atoms with Crippen LogP contribution >= 0.6 is 27.7 Å². The lowest BCUT2D eigenvalue weighted by Crippen LogP contribution is -2.23. The minimum Gasteiger partial charge on any atom is -0.327 e. The summed E-state index contributed by atoms with van der Waals surface area (Å²) in [4.78, 5) is 0. The zero-order chi connectivity index (χ0) is 14.0. The molecule has 0 spiro atoms. The molecular formula is C13H17BrN4S. The van der Waals surface area contributed by atoms with Crippen LogP contribution in [-0.4, -0.2) is 20.8 Å². The number of nitrogens with two attached hydrogens (primary N) is 1. The minimum atomic E-state index is 0.0307. The van der Waals surface area contributed by atoms with E-state index in [1.807, 2.05) is 37.6 Å². The highest BCUT2D eigenvalue weighted by Crippen LogP contribution is 2.36. The van der Waals surface area contributed by atoms with Gasteiger partial charge in [-0.2, -0.15) is 0 Å². The maximum atomic E-state index is 6.12. The number of thioether (sulfide) groups is 1. The third-order valence-corrected chi connectivity index (χ3v) is 5.01. The summed E-state index contributed by atoms with van der Waals surface area (Å²) >= 11 is 5.10. The summed E-state index contributed by atoms with van der Waals surface area (Å²) < 4.78 is 3.05. The van der Waals surface area contributed by atoms with E-state index in [-0.39, 0.29) is 11.3 Å². The number of hydrogen-bond donors (Lipinski definition) is 1. The van der Waals surface area contributed by atoms with E-state index in [0.717, 1.165) is 15.5 Å². The van der Waals surface area contributed by atoms with Crippen molar-refractivity contribution in [2.45, 2.75) is 30.3 Å². The van der Waals surface area contributed by atoms with E-state index in [2.05, 4.69) is 38.3 Å². The lowest BCUT2D eigenvalue weighted by molar-refractivity contribution is 0.706. The number of nitrogens with zero attached hydrogens (tertiary/aromatic N) is 3. The first kappa shape index (κ1) is 14.6. The van der Waals surface area contributed by atoms with Gasteiger partial charge in [-0.05, 0) is 31.5 Å². The van der Waals surface area contributed by atoms with Crippen molar-refractivity contribution in [3.63, 3.8) is 0 Å². The Labute approximate surface area is 125 Å². The standard InChI is InChI=1S/C13H17BrN4S/c1-8(15)12(10-4-6-11(14)7-5-10)19-13-17-16-9(2)18(13)3/h4-8,12H,15H2,1-3H3. The van der Waals surface area contributed by atoms with Crippen molar-refractivity contribution in [3.05, 3.63) is 40.1 Å². The summed E-state index contributed by atoms with van der Waals surface area (Å²) in [5, 5.41) is 9.33. The molecule has 0 bridgehead atoms. The topological polar surface area (TPSA) is 56.7 Å². The third kappa shape index (κ3) is 3.38. The Balaban J connectivity index is 2.26. The number of aromatic nitrogens is 3. The Morgan fingerprint density at radius 3 is 2.37 bits per heavy atom. The van der Waals surface area contributed by atoms with Crippen LogP contribution in [0.15, 0.2) is 33.9 Å². The molecule has 4 nitrogen and oxygen atoms in total. The summed E-state index contributed by atoms with van der Waals surface area (Å²) in [5.74, 6) is 0.904. The second kappa shape index (κ2) is 6.07. The van der Waals surface area contributed by atoms with Crippen molar-refractivity contribution in [1.82, 2.24) is 14.8 Å². The van der Waals surface area contributed by atoms with Gasteiger partial charge in [0.05, 0.1) is 5.25 Å². The van der Waals surface area contributed by atoms with Gasteiger partial charge >= 0.3 is 0 Å². The molecule has 2 N–H and O–H groups in total.